The summed E-state index contributed by atoms with van der Waals surface area (Å²) in [4.78, 5) is 23.6. The van der Waals surface area contributed by atoms with E-state index in [9.17, 15) is 4.79 Å². The molecule has 0 unspecified atom stereocenters. The second kappa shape index (κ2) is 8.75. The molecule has 4 rings (SSSR count). The molecule has 3 heterocycles. The first kappa shape index (κ1) is 20.2. The largest absolute Gasteiger partial charge is 0.322 e. The number of aromatic nitrogens is 3. The van der Waals surface area contributed by atoms with Crippen LogP contribution in [-0.4, -0.2) is 58.5 Å². The topological polar surface area (TPSA) is 75.4 Å². The molecular formula is C23H28N6O. The summed E-state index contributed by atoms with van der Waals surface area (Å²) in [5.41, 5.74) is 4.05. The van der Waals surface area contributed by atoms with E-state index in [1.54, 1.807) is 24.1 Å². The second-order valence-electron chi connectivity index (χ2n) is 8.21. The molecule has 1 aliphatic heterocycles. The van der Waals surface area contributed by atoms with Gasteiger partial charge in [-0.25, -0.2) is 0 Å². The average molecular weight is 405 g/mol. The monoisotopic (exact) mass is 404 g/mol. The summed E-state index contributed by atoms with van der Waals surface area (Å²) in [6.45, 7) is 4.42. The number of carbonyl (C=O) groups is 1. The van der Waals surface area contributed by atoms with Crippen LogP contribution in [0.2, 0.25) is 0 Å². The minimum Gasteiger partial charge on any atom is -0.322 e. The Hall–Kier alpha value is -3.06. The molecule has 1 aliphatic rings. The maximum atomic E-state index is 12.6. The number of pyridine rings is 1. The van der Waals surface area contributed by atoms with Crippen molar-refractivity contribution in [2.75, 3.05) is 32.0 Å². The zero-order chi connectivity index (χ0) is 21.1. The molecule has 0 spiro atoms. The lowest BCUT2D eigenvalue weighted by Crippen LogP contribution is -2.42. The van der Waals surface area contributed by atoms with Crippen LogP contribution in [0.15, 0.2) is 47.8 Å². The lowest BCUT2D eigenvalue weighted by molar-refractivity contribution is -0.117. The average Bonchev–Trinajstić information content (AvgIpc) is 3.12. The van der Waals surface area contributed by atoms with E-state index in [1.807, 2.05) is 25.5 Å². The van der Waals surface area contributed by atoms with Crippen LogP contribution >= 0.6 is 0 Å². The van der Waals surface area contributed by atoms with E-state index in [0.717, 1.165) is 36.3 Å². The normalized spacial score (nSPS) is 20.1. The molecule has 3 aromatic rings. The van der Waals surface area contributed by atoms with Crippen molar-refractivity contribution in [1.29, 1.82) is 0 Å². The molecular weight excluding hydrogens is 376 g/mol. The lowest BCUT2D eigenvalue weighted by Gasteiger charge is -2.36. The van der Waals surface area contributed by atoms with Gasteiger partial charge in [-0.05, 0) is 29.9 Å². The van der Waals surface area contributed by atoms with Gasteiger partial charge in [-0.1, -0.05) is 25.1 Å². The second-order valence-corrected chi connectivity index (χ2v) is 8.21. The third kappa shape index (κ3) is 4.41. The lowest BCUT2D eigenvalue weighted by atomic mass is 9.83. The fourth-order valence-electron chi connectivity index (χ4n) is 4.52. The van der Waals surface area contributed by atoms with Crippen LogP contribution in [0, 0.1) is 5.92 Å². The Bertz CT molecular complexity index is 1070. The molecule has 1 N–H and O–H groups in total. The van der Waals surface area contributed by atoms with Crippen molar-refractivity contribution in [3.8, 4) is 0 Å². The number of rotatable bonds is 5. The van der Waals surface area contributed by atoms with Crippen molar-refractivity contribution in [1.82, 2.24) is 19.7 Å². The molecule has 0 aliphatic carbocycles. The summed E-state index contributed by atoms with van der Waals surface area (Å²) in [5.74, 6) is 0.870. The molecule has 156 valence electrons. The molecule has 30 heavy (non-hydrogen) atoms. The summed E-state index contributed by atoms with van der Waals surface area (Å²) in [6.07, 6.45) is 8.26. The van der Waals surface area contributed by atoms with Gasteiger partial charge in [-0.3, -0.25) is 24.4 Å². The standard InChI is InChI=1S/C23H28N6O/c1-16-9-18(13-29(12-16)15-22(30)27-19-11-26-28(3)14-19)20-7-6-17(10-24-2)23-21(20)5-4-8-25-23/h4-8,10-11,14,16,18H,9,12-13,15H2,1-3H3,(H,27,30)/b24-10+/t16-,18-/m1/s1. The van der Waals surface area contributed by atoms with Crippen molar-refractivity contribution in [3.05, 3.63) is 54.0 Å². The van der Waals surface area contributed by atoms with E-state index in [4.69, 9.17) is 0 Å². The van der Waals surface area contributed by atoms with E-state index in [1.165, 1.54) is 10.9 Å². The Morgan fingerprint density at radius 3 is 2.97 bits per heavy atom. The van der Waals surface area contributed by atoms with Crippen LogP contribution in [-0.2, 0) is 11.8 Å². The van der Waals surface area contributed by atoms with Crippen LogP contribution in [0.25, 0.3) is 10.9 Å². The van der Waals surface area contributed by atoms with E-state index >= 15 is 0 Å². The molecule has 1 fully saturated rings. The van der Waals surface area contributed by atoms with Crippen molar-refractivity contribution in [2.24, 2.45) is 18.0 Å². The summed E-state index contributed by atoms with van der Waals surface area (Å²) in [6, 6.07) is 8.45. The minimum absolute atomic E-state index is 0.00289. The van der Waals surface area contributed by atoms with Gasteiger partial charge in [0.15, 0.2) is 0 Å². The first-order chi connectivity index (χ1) is 14.5. The quantitative estimate of drug-likeness (QED) is 0.663. The third-order valence-corrected chi connectivity index (χ3v) is 5.63. The molecule has 7 heteroatoms. The number of piperidine rings is 1. The van der Waals surface area contributed by atoms with Crippen molar-refractivity contribution in [2.45, 2.75) is 19.3 Å². The Kier molecular flexibility index (Phi) is 5.90. The number of hydrogen-bond acceptors (Lipinski definition) is 5. The number of benzene rings is 1. The molecule has 0 bridgehead atoms. The summed E-state index contributed by atoms with van der Waals surface area (Å²) >= 11 is 0. The highest BCUT2D eigenvalue weighted by molar-refractivity contribution is 5.99. The van der Waals surface area contributed by atoms with E-state index in [2.05, 4.69) is 50.4 Å². The van der Waals surface area contributed by atoms with E-state index in [-0.39, 0.29) is 5.91 Å². The molecule has 0 radical (unpaired) electrons. The number of amides is 1. The predicted molar refractivity (Wildman–Crippen MR) is 120 cm³/mol. The molecule has 1 saturated heterocycles. The summed E-state index contributed by atoms with van der Waals surface area (Å²) in [7, 11) is 3.61. The van der Waals surface area contributed by atoms with Crippen molar-refractivity contribution in [3.63, 3.8) is 0 Å². The minimum atomic E-state index is -0.00289. The Morgan fingerprint density at radius 1 is 1.33 bits per heavy atom. The maximum Gasteiger partial charge on any atom is 0.238 e. The first-order valence-corrected chi connectivity index (χ1v) is 10.3. The number of carbonyl (C=O) groups excluding carboxylic acids is 1. The SMILES string of the molecule is C/N=C/c1ccc([C@@H]2C[C@@H](C)CN(CC(=O)Nc3cnn(C)c3)C2)c2cccnc12. The highest BCUT2D eigenvalue weighted by Gasteiger charge is 2.28. The van der Waals surface area contributed by atoms with Gasteiger partial charge < -0.3 is 5.32 Å². The van der Waals surface area contributed by atoms with Crippen molar-refractivity contribution >= 4 is 28.7 Å². The number of aryl methyl sites for hydroxylation is 1. The molecule has 2 aromatic heterocycles. The van der Waals surface area contributed by atoms with Crippen LogP contribution in [0.3, 0.4) is 0 Å². The van der Waals surface area contributed by atoms with Crippen LogP contribution in [0.4, 0.5) is 5.69 Å². The van der Waals surface area contributed by atoms with Crippen LogP contribution < -0.4 is 5.32 Å². The first-order valence-electron chi connectivity index (χ1n) is 10.3. The molecule has 1 amide bonds. The zero-order valence-corrected chi connectivity index (χ0v) is 17.7. The van der Waals surface area contributed by atoms with Gasteiger partial charge in [0.25, 0.3) is 0 Å². The number of likely N-dealkylation sites (tertiary alicyclic amines) is 1. The van der Waals surface area contributed by atoms with Gasteiger partial charge >= 0.3 is 0 Å². The highest BCUT2D eigenvalue weighted by atomic mass is 16.2. The number of anilines is 1. The Labute approximate surface area is 176 Å². The maximum absolute atomic E-state index is 12.6. The molecule has 2 atom stereocenters. The van der Waals surface area contributed by atoms with Gasteiger partial charge in [0.05, 0.1) is 23.9 Å². The summed E-state index contributed by atoms with van der Waals surface area (Å²) in [5, 5.41) is 8.22. The fourth-order valence-corrected chi connectivity index (χ4v) is 4.52. The highest BCUT2D eigenvalue weighted by Crippen LogP contribution is 2.34. The molecule has 0 saturated carbocycles. The van der Waals surface area contributed by atoms with Gasteiger partial charge in [0.2, 0.25) is 5.91 Å². The van der Waals surface area contributed by atoms with Gasteiger partial charge in [0, 0.05) is 56.7 Å². The third-order valence-electron chi connectivity index (χ3n) is 5.63. The smallest absolute Gasteiger partial charge is 0.238 e. The predicted octanol–water partition coefficient (Wildman–Crippen LogP) is 3.08. The van der Waals surface area contributed by atoms with Crippen LogP contribution in [0.5, 0.6) is 0 Å². The van der Waals surface area contributed by atoms with E-state index < -0.39 is 0 Å². The number of fused-ring (bicyclic) bond motifs is 1. The molecule has 7 nitrogen and oxygen atoms in total. The fraction of sp³-hybridized carbons (Fsp3) is 0.391. The Balaban J connectivity index is 1.53. The van der Waals surface area contributed by atoms with Crippen LogP contribution in [0.1, 0.15) is 30.4 Å². The number of nitrogens with one attached hydrogen (secondary N) is 1. The van der Waals surface area contributed by atoms with Crippen molar-refractivity contribution < 1.29 is 4.79 Å². The van der Waals surface area contributed by atoms with Gasteiger partial charge in [0.1, 0.15) is 0 Å². The molecule has 1 aromatic carbocycles. The Morgan fingerprint density at radius 2 is 2.20 bits per heavy atom. The van der Waals surface area contributed by atoms with Gasteiger partial charge in [-0.15, -0.1) is 0 Å². The number of aliphatic imine (C=N–C) groups is 1. The summed E-state index contributed by atoms with van der Waals surface area (Å²) < 4.78 is 1.68. The number of hydrogen-bond donors (Lipinski definition) is 1. The van der Waals surface area contributed by atoms with Gasteiger partial charge in [-0.2, -0.15) is 5.10 Å². The zero-order valence-electron chi connectivity index (χ0n) is 17.7. The number of nitrogens with zero attached hydrogens (tertiary/aromatic N) is 5. The van der Waals surface area contributed by atoms with E-state index in [0.29, 0.717) is 18.4 Å².